The number of hydrogen-bond acceptors (Lipinski definition) is 5. The molecule has 26 heavy (non-hydrogen) atoms. The number of fused-ring (bicyclic) bond motifs is 1. The van der Waals surface area contributed by atoms with Gasteiger partial charge in [0.15, 0.2) is 11.5 Å². The van der Waals surface area contributed by atoms with Crippen molar-refractivity contribution < 1.29 is 19.0 Å². The third-order valence-corrected chi connectivity index (χ3v) is 5.93. The van der Waals surface area contributed by atoms with Gasteiger partial charge in [-0.05, 0) is 19.0 Å². The highest BCUT2D eigenvalue weighted by Crippen LogP contribution is 2.42. The largest absolute Gasteiger partial charge is 0.489 e. The van der Waals surface area contributed by atoms with Gasteiger partial charge >= 0.3 is 0 Å². The van der Waals surface area contributed by atoms with Crippen LogP contribution in [-0.2, 0) is 9.16 Å². The van der Waals surface area contributed by atoms with Crippen molar-refractivity contribution in [3.8, 4) is 11.5 Å². The Bertz CT molecular complexity index is 659. The highest BCUT2D eigenvalue weighted by atomic mass is 127. The van der Waals surface area contributed by atoms with Crippen molar-refractivity contribution in [2.75, 3.05) is 40.0 Å². The maximum atomic E-state index is 12.9. The van der Waals surface area contributed by atoms with Gasteiger partial charge in [-0.1, -0.05) is 34.2 Å². The van der Waals surface area contributed by atoms with Gasteiger partial charge in [0.2, 0.25) is 0 Å². The topological polar surface area (TPSA) is 68.8 Å². The zero-order valence-electron chi connectivity index (χ0n) is 14.8. The molecule has 144 valence electrons. The molecule has 1 fully saturated rings. The lowest BCUT2D eigenvalue weighted by atomic mass is 9.94. The molecule has 0 saturated carbocycles. The first-order chi connectivity index (χ1) is 12.7. The van der Waals surface area contributed by atoms with Crippen LogP contribution in [0.1, 0.15) is 28.8 Å². The second kappa shape index (κ2) is 9.43. The molecule has 1 aromatic rings. The van der Waals surface area contributed by atoms with Gasteiger partial charge in [0.05, 0.1) is 24.9 Å². The molecular formula is C18H24ClIN2O4. The number of ether oxygens (including phenoxy) is 3. The Kier molecular flexibility index (Phi) is 7.25. The lowest BCUT2D eigenvalue weighted by Gasteiger charge is -2.31. The predicted molar refractivity (Wildman–Crippen MR) is 109 cm³/mol. The lowest BCUT2D eigenvalue weighted by molar-refractivity contribution is 0.0338. The maximum Gasteiger partial charge on any atom is 0.255 e. The van der Waals surface area contributed by atoms with Crippen molar-refractivity contribution in [3.63, 3.8) is 0 Å². The SMILES string of the molecule is CO[C@@H]1CNCC[C@H]1CNC(=O)c1cc(Cl)c(CI)c2c1OCCCO2. The molecule has 1 aromatic carbocycles. The normalized spacial score (nSPS) is 22.6. The van der Waals surface area contributed by atoms with E-state index in [1.54, 1.807) is 13.2 Å². The molecule has 2 aliphatic heterocycles. The van der Waals surface area contributed by atoms with Crippen molar-refractivity contribution >= 4 is 40.1 Å². The van der Waals surface area contributed by atoms with Crippen LogP contribution in [0.25, 0.3) is 0 Å². The average molecular weight is 495 g/mol. The third-order valence-electron chi connectivity index (χ3n) is 4.83. The van der Waals surface area contributed by atoms with E-state index in [0.29, 0.717) is 46.3 Å². The Morgan fingerprint density at radius 2 is 2.19 bits per heavy atom. The number of hydrogen-bond donors (Lipinski definition) is 2. The van der Waals surface area contributed by atoms with Crippen molar-refractivity contribution in [2.24, 2.45) is 5.92 Å². The highest BCUT2D eigenvalue weighted by Gasteiger charge is 2.28. The first-order valence-electron chi connectivity index (χ1n) is 8.84. The van der Waals surface area contributed by atoms with Crippen molar-refractivity contribution in [1.82, 2.24) is 10.6 Å². The summed E-state index contributed by atoms with van der Waals surface area (Å²) >= 11 is 8.65. The van der Waals surface area contributed by atoms with Crippen LogP contribution in [0.15, 0.2) is 6.07 Å². The van der Waals surface area contributed by atoms with Crippen LogP contribution in [0.5, 0.6) is 11.5 Å². The molecular weight excluding hydrogens is 471 g/mol. The molecule has 1 saturated heterocycles. The summed E-state index contributed by atoms with van der Waals surface area (Å²) in [6.07, 6.45) is 1.84. The number of carbonyl (C=O) groups is 1. The molecule has 0 radical (unpaired) electrons. The number of rotatable bonds is 5. The minimum absolute atomic E-state index is 0.103. The Morgan fingerprint density at radius 1 is 1.42 bits per heavy atom. The Hall–Kier alpha value is -0.770. The highest BCUT2D eigenvalue weighted by molar-refractivity contribution is 14.1. The zero-order valence-corrected chi connectivity index (χ0v) is 17.7. The monoisotopic (exact) mass is 494 g/mol. The molecule has 2 N–H and O–H groups in total. The van der Waals surface area contributed by atoms with E-state index >= 15 is 0 Å². The third kappa shape index (κ3) is 4.37. The zero-order chi connectivity index (χ0) is 18.5. The molecule has 0 aliphatic carbocycles. The number of methoxy groups -OCH3 is 1. The van der Waals surface area contributed by atoms with E-state index in [1.807, 2.05) is 0 Å². The lowest BCUT2D eigenvalue weighted by Crippen LogP contribution is -2.46. The molecule has 0 spiro atoms. The molecule has 0 unspecified atom stereocenters. The van der Waals surface area contributed by atoms with Crippen LogP contribution in [0.4, 0.5) is 0 Å². The van der Waals surface area contributed by atoms with E-state index in [0.717, 1.165) is 31.5 Å². The van der Waals surface area contributed by atoms with Gasteiger partial charge in [0.1, 0.15) is 0 Å². The second-order valence-corrected chi connectivity index (χ2v) is 7.63. The molecule has 8 heteroatoms. The first-order valence-corrected chi connectivity index (χ1v) is 10.7. The summed E-state index contributed by atoms with van der Waals surface area (Å²) < 4.78 is 17.9. The summed E-state index contributed by atoms with van der Waals surface area (Å²) in [7, 11) is 1.71. The van der Waals surface area contributed by atoms with Crippen LogP contribution in [0.2, 0.25) is 5.02 Å². The summed E-state index contributed by atoms with van der Waals surface area (Å²) in [5.74, 6) is 1.20. The fourth-order valence-corrected chi connectivity index (χ4v) is 4.60. The molecule has 1 amide bonds. The summed E-state index contributed by atoms with van der Waals surface area (Å²) in [5, 5.41) is 6.87. The number of nitrogens with one attached hydrogen (secondary N) is 2. The minimum Gasteiger partial charge on any atom is -0.489 e. The van der Waals surface area contributed by atoms with Gasteiger partial charge in [0, 0.05) is 47.6 Å². The Balaban J connectivity index is 1.79. The van der Waals surface area contributed by atoms with E-state index in [4.69, 9.17) is 25.8 Å². The maximum absolute atomic E-state index is 12.9. The fourth-order valence-electron chi connectivity index (χ4n) is 3.36. The van der Waals surface area contributed by atoms with Crippen LogP contribution in [-0.4, -0.2) is 52.0 Å². The molecule has 2 aliphatic rings. The van der Waals surface area contributed by atoms with Crippen molar-refractivity contribution in [2.45, 2.75) is 23.4 Å². The van der Waals surface area contributed by atoms with Crippen LogP contribution < -0.4 is 20.1 Å². The van der Waals surface area contributed by atoms with Crippen molar-refractivity contribution in [1.29, 1.82) is 0 Å². The smallest absolute Gasteiger partial charge is 0.255 e. The Morgan fingerprint density at radius 3 is 2.92 bits per heavy atom. The summed E-state index contributed by atoms with van der Waals surface area (Å²) in [6, 6.07) is 1.69. The van der Waals surface area contributed by atoms with Crippen LogP contribution in [0.3, 0.4) is 0 Å². The van der Waals surface area contributed by atoms with E-state index in [-0.39, 0.29) is 17.9 Å². The minimum atomic E-state index is -0.193. The van der Waals surface area contributed by atoms with E-state index in [1.165, 1.54) is 0 Å². The number of amides is 1. The number of carbonyl (C=O) groups excluding carboxylic acids is 1. The van der Waals surface area contributed by atoms with E-state index in [9.17, 15) is 4.79 Å². The van der Waals surface area contributed by atoms with Gasteiger partial charge in [-0.25, -0.2) is 0 Å². The number of piperidine rings is 1. The first kappa shape index (κ1) is 20.0. The quantitative estimate of drug-likeness (QED) is 0.487. The van der Waals surface area contributed by atoms with Gasteiger partial charge in [-0.2, -0.15) is 0 Å². The second-order valence-electron chi connectivity index (χ2n) is 6.46. The molecule has 6 nitrogen and oxygen atoms in total. The van der Waals surface area contributed by atoms with Gasteiger partial charge in [0.25, 0.3) is 5.91 Å². The van der Waals surface area contributed by atoms with Crippen molar-refractivity contribution in [3.05, 3.63) is 22.2 Å². The van der Waals surface area contributed by atoms with E-state index < -0.39 is 0 Å². The summed E-state index contributed by atoms with van der Waals surface area (Å²) in [6.45, 7) is 3.38. The molecule has 3 rings (SSSR count). The summed E-state index contributed by atoms with van der Waals surface area (Å²) in [4.78, 5) is 12.9. The van der Waals surface area contributed by atoms with Crippen LogP contribution in [0, 0.1) is 5.92 Å². The molecule has 0 aromatic heterocycles. The Labute approximate surface area is 172 Å². The summed E-state index contributed by atoms with van der Waals surface area (Å²) in [5.41, 5.74) is 1.31. The predicted octanol–water partition coefficient (Wildman–Crippen LogP) is 2.79. The number of halogens is 2. The molecule has 0 bridgehead atoms. The average Bonchev–Trinajstić information content (AvgIpc) is 2.91. The van der Waals surface area contributed by atoms with E-state index in [2.05, 4.69) is 33.2 Å². The van der Waals surface area contributed by atoms with Gasteiger partial charge < -0.3 is 24.8 Å². The fraction of sp³-hybridized carbons (Fsp3) is 0.611. The van der Waals surface area contributed by atoms with Gasteiger partial charge in [-0.15, -0.1) is 0 Å². The number of benzene rings is 1. The van der Waals surface area contributed by atoms with Gasteiger partial charge in [-0.3, -0.25) is 4.79 Å². The molecule has 2 heterocycles. The standard InChI is InChI=1S/C18H24ClIN2O4/c1-24-15-10-21-4-3-11(15)9-22-18(23)12-7-14(19)13(8-20)17-16(12)25-5-2-6-26-17/h7,11,15,21H,2-6,8-10H2,1H3,(H,22,23)/t11-,15+/m0/s1. The number of alkyl halides is 1. The molecule has 2 atom stereocenters. The van der Waals surface area contributed by atoms with Crippen LogP contribution >= 0.6 is 34.2 Å².